The summed E-state index contributed by atoms with van der Waals surface area (Å²) in [5.41, 5.74) is 2.50. The number of anilines is 1. The van der Waals surface area contributed by atoms with Crippen LogP contribution in [0.5, 0.6) is 0 Å². The molecule has 0 saturated carbocycles. The standard InChI is InChI=1S/C17H20N2O3S/c1-13-4-8-15(9-5-13)18-12-17(20)14-6-10-16(11-7-14)23(21,22)19(2)3/h4-11,18H,12H2,1-3H3. The normalized spacial score (nSPS) is 11.5. The van der Waals surface area contributed by atoms with E-state index in [1.54, 1.807) is 0 Å². The zero-order valence-electron chi connectivity index (χ0n) is 13.4. The lowest BCUT2D eigenvalue weighted by Crippen LogP contribution is -2.22. The van der Waals surface area contributed by atoms with Crippen molar-refractivity contribution in [2.75, 3.05) is 26.0 Å². The number of aryl methyl sites for hydroxylation is 1. The van der Waals surface area contributed by atoms with Gasteiger partial charge in [-0.15, -0.1) is 0 Å². The number of nitrogens with zero attached hydrogens (tertiary/aromatic N) is 1. The van der Waals surface area contributed by atoms with E-state index >= 15 is 0 Å². The summed E-state index contributed by atoms with van der Waals surface area (Å²) in [5, 5.41) is 3.06. The highest BCUT2D eigenvalue weighted by Crippen LogP contribution is 2.15. The van der Waals surface area contributed by atoms with Crippen LogP contribution >= 0.6 is 0 Å². The van der Waals surface area contributed by atoms with Gasteiger partial charge in [0, 0.05) is 25.3 Å². The van der Waals surface area contributed by atoms with Gasteiger partial charge in [-0.25, -0.2) is 12.7 Å². The molecule has 1 N–H and O–H groups in total. The SMILES string of the molecule is Cc1ccc(NCC(=O)c2ccc(S(=O)(=O)N(C)C)cc2)cc1. The van der Waals surface area contributed by atoms with Gasteiger partial charge < -0.3 is 5.32 Å². The quantitative estimate of drug-likeness (QED) is 0.826. The van der Waals surface area contributed by atoms with Crippen molar-refractivity contribution in [2.45, 2.75) is 11.8 Å². The molecular formula is C17H20N2O3S. The van der Waals surface area contributed by atoms with Crippen LogP contribution in [0.2, 0.25) is 0 Å². The Bertz CT molecular complexity index is 780. The zero-order valence-corrected chi connectivity index (χ0v) is 14.2. The molecule has 0 aliphatic rings. The maximum atomic E-state index is 12.2. The molecule has 0 saturated heterocycles. The van der Waals surface area contributed by atoms with E-state index in [9.17, 15) is 13.2 Å². The average Bonchev–Trinajstić information content (AvgIpc) is 2.54. The summed E-state index contributed by atoms with van der Waals surface area (Å²) in [7, 11) is -0.528. The number of carbonyl (C=O) groups excluding carboxylic acids is 1. The van der Waals surface area contributed by atoms with Gasteiger partial charge in [-0.3, -0.25) is 4.79 Å². The number of hydrogen-bond donors (Lipinski definition) is 1. The van der Waals surface area contributed by atoms with Crippen molar-refractivity contribution < 1.29 is 13.2 Å². The third-order valence-corrected chi connectivity index (χ3v) is 5.29. The summed E-state index contributed by atoms with van der Waals surface area (Å²) < 4.78 is 25.1. The van der Waals surface area contributed by atoms with E-state index in [1.165, 1.54) is 38.4 Å². The number of benzene rings is 2. The van der Waals surface area contributed by atoms with E-state index in [1.807, 2.05) is 31.2 Å². The van der Waals surface area contributed by atoms with Gasteiger partial charge in [0.2, 0.25) is 10.0 Å². The molecule has 0 atom stereocenters. The molecule has 6 heteroatoms. The Labute approximate surface area is 137 Å². The summed E-state index contributed by atoms with van der Waals surface area (Å²) in [5.74, 6) is -0.0978. The third kappa shape index (κ3) is 4.18. The highest BCUT2D eigenvalue weighted by molar-refractivity contribution is 7.89. The van der Waals surface area contributed by atoms with Crippen LogP contribution < -0.4 is 5.32 Å². The number of carbonyl (C=O) groups is 1. The highest BCUT2D eigenvalue weighted by atomic mass is 32.2. The van der Waals surface area contributed by atoms with Crippen LogP contribution in [0.25, 0.3) is 0 Å². The summed E-state index contributed by atoms with van der Waals surface area (Å²) in [4.78, 5) is 12.3. The molecule has 0 amide bonds. The van der Waals surface area contributed by atoms with Crippen LogP contribution in [-0.4, -0.2) is 39.1 Å². The predicted octanol–water partition coefficient (Wildman–Crippen LogP) is 2.54. The van der Waals surface area contributed by atoms with E-state index in [-0.39, 0.29) is 17.2 Å². The summed E-state index contributed by atoms with van der Waals surface area (Å²) >= 11 is 0. The van der Waals surface area contributed by atoms with Crippen LogP contribution in [0.3, 0.4) is 0 Å². The lowest BCUT2D eigenvalue weighted by atomic mass is 10.1. The second-order valence-corrected chi connectivity index (χ2v) is 7.61. The predicted molar refractivity (Wildman–Crippen MR) is 91.3 cm³/mol. The topological polar surface area (TPSA) is 66.5 Å². The van der Waals surface area contributed by atoms with Crippen molar-refractivity contribution in [3.63, 3.8) is 0 Å². The molecule has 2 aromatic rings. The van der Waals surface area contributed by atoms with Crippen molar-refractivity contribution in [1.82, 2.24) is 4.31 Å². The molecule has 23 heavy (non-hydrogen) atoms. The van der Waals surface area contributed by atoms with Crippen LogP contribution in [0.1, 0.15) is 15.9 Å². The lowest BCUT2D eigenvalue weighted by molar-refractivity contribution is 0.101. The first-order chi connectivity index (χ1) is 10.8. The lowest BCUT2D eigenvalue weighted by Gasteiger charge is -2.11. The van der Waals surface area contributed by atoms with Crippen molar-refractivity contribution in [3.05, 3.63) is 59.7 Å². The van der Waals surface area contributed by atoms with Crippen molar-refractivity contribution >= 4 is 21.5 Å². The van der Waals surface area contributed by atoms with E-state index in [0.29, 0.717) is 5.56 Å². The zero-order chi connectivity index (χ0) is 17.0. The molecule has 0 bridgehead atoms. The Balaban J connectivity index is 2.04. The highest BCUT2D eigenvalue weighted by Gasteiger charge is 2.17. The first-order valence-corrected chi connectivity index (χ1v) is 8.61. The molecule has 0 aliphatic carbocycles. The fourth-order valence-electron chi connectivity index (χ4n) is 1.98. The van der Waals surface area contributed by atoms with Crippen molar-refractivity contribution in [1.29, 1.82) is 0 Å². The average molecular weight is 332 g/mol. The van der Waals surface area contributed by atoms with Gasteiger partial charge in [-0.2, -0.15) is 0 Å². The monoisotopic (exact) mass is 332 g/mol. The van der Waals surface area contributed by atoms with E-state index in [4.69, 9.17) is 0 Å². The van der Waals surface area contributed by atoms with Gasteiger partial charge in [0.1, 0.15) is 0 Å². The third-order valence-electron chi connectivity index (χ3n) is 3.46. The Morgan fingerprint density at radius 3 is 2.09 bits per heavy atom. The van der Waals surface area contributed by atoms with Crippen molar-refractivity contribution in [2.24, 2.45) is 0 Å². The van der Waals surface area contributed by atoms with Crippen LogP contribution in [0.4, 0.5) is 5.69 Å². The minimum Gasteiger partial charge on any atom is -0.378 e. The van der Waals surface area contributed by atoms with Gasteiger partial charge >= 0.3 is 0 Å². The Morgan fingerprint density at radius 1 is 1.00 bits per heavy atom. The van der Waals surface area contributed by atoms with Gasteiger partial charge in [0.25, 0.3) is 0 Å². The molecule has 0 radical (unpaired) electrons. The van der Waals surface area contributed by atoms with Crippen LogP contribution in [0, 0.1) is 6.92 Å². The molecule has 0 aliphatic heterocycles. The molecule has 2 aromatic carbocycles. The molecule has 0 fully saturated rings. The van der Waals surface area contributed by atoms with E-state index in [2.05, 4.69) is 5.32 Å². The molecule has 0 heterocycles. The molecule has 5 nitrogen and oxygen atoms in total. The maximum absolute atomic E-state index is 12.2. The Kier molecular flexibility index (Phi) is 5.18. The number of nitrogens with one attached hydrogen (secondary N) is 1. The molecule has 122 valence electrons. The Hall–Kier alpha value is -2.18. The van der Waals surface area contributed by atoms with Gasteiger partial charge in [-0.1, -0.05) is 17.7 Å². The number of rotatable bonds is 6. The Morgan fingerprint density at radius 2 is 1.57 bits per heavy atom. The number of ketones is 1. The smallest absolute Gasteiger partial charge is 0.242 e. The largest absolute Gasteiger partial charge is 0.378 e. The minimum atomic E-state index is -3.47. The molecule has 0 aromatic heterocycles. The molecular weight excluding hydrogens is 312 g/mol. The number of sulfonamides is 1. The second kappa shape index (κ2) is 6.93. The van der Waals surface area contributed by atoms with E-state index in [0.717, 1.165) is 15.6 Å². The number of Topliss-reactive ketones (excluding diaryl/α,β-unsaturated/α-hetero) is 1. The number of hydrogen-bond acceptors (Lipinski definition) is 4. The van der Waals surface area contributed by atoms with Gasteiger partial charge in [0.05, 0.1) is 11.4 Å². The molecule has 2 rings (SSSR count). The summed E-state index contributed by atoms with van der Waals surface area (Å²) in [6.07, 6.45) is 0. The van der Waals surface area contributed by atoms with Crippen molar-refractivity contribution in [3.8, 4) is 0 Å². The minimum absolute atomic E-state index is 0.0978. The van der Waals surface area contributed by atoms with Crippen LogP contribution in [-0.2, 0) is 10.0 Å². The molecule has 0 unspecified atom stereocenters. The molecule has 0 spiro atoms. The van der Waals surface area contributed by atoms with E-state index < -0.39 is 10.0 Å². The first kappa shape index (κ1) is 17.2. The summed E-state index contributed by atoms with van der Waals surface area (Å²) in [6.45, 7) is 2.15. The summed E-state index contributed by atoms with van der Waals surface area (Å²) in [6, 6.07) is 13.7. The fourth-order valence-corrected chi connectivity index (χ4v) is 2.88. The first-order valence-electron chi connectivity index (χ1n) is 7.17. The van der Waals surface area contributed by atoms with Gasteiger partial charge in [-0.05, 0) is 43.3 Å². The fraction of sp³-hybridized carbons (Fsp3) is 0.235. The second-order valence-electron chi connectivity index (χ2n) is 5.45. The maximum Gasteiger partial charge on any atom is 0.242 e. The van der Waals surface area contributed by atoms with Gasteiger partial charge in [0.15, 0.2) is 5.78 Å². The van der Waals surface area contributed by atoms with Crippen LogP contribution in [0.15, 0.2) is 53.4 Å².